The van der Waals surface area contributed by atoms with E-state index < -0.39 is 21.9 Å². The van der Waals surface area contributed by atoms with E-state index in [0.29, 0.717) is 23.4 Å². The predicted octanol–water partition coefficient (Wildman–Crippen LogP) is 3.64. The molecule has 1 fully saturated rings. The number of amides is 1. The van der Waals surface area contributed by atoms with E-state index in [2.05, 4.69) is 10.0 Å². The van der Waals surface area contributed by atoms with E-state index in [1.165, 1.54) is 12.1 Å². The van der Waals surface area contributed by atoms with E-state index in [1.54, 1.807) is 37.3 Å². The number of carbonyl (C=O) groups excluding carboxylic acids is 2. The van der Waals surface area contributed by atoms with Gasteiger partial charge in [0.25, 0.3) is 5.91 Å². The lowest BCUT2D eigenvalue weighted by Gasteiger charge is -2.11. The van der Waals surface area contributed by atoms with Crippen molar-refractivity contribution >= 4 is 27.6 Å². The third kappa shape index (κ3) is 5.67. The summed E-state index contributed by atoms with van der Waals surface area (Å²) in [6.07, 6.45) is 3.42. The van der Waals surface area contributed by atoms with Crippen LogP contribution in [-0.2, 0) is 14.8 Å². The lowest BCUT2D eigenvalue weighted by Crippen LogP contribution is -2.26. The average molecular weight is 431 g/mol. The summed E-state index contributed by atoms with van der Waals surface area (Å²) in [4.78, 5) is 24.7. The van der Waals surface area contributed by atoms with Crippen molar-refractivity contribution in [2.24, 2.45) is 0 Å². The SMILES string of the molecule is CCCCOC(=O)c1ccc(NC(=O)c2cc(S(=O)(=O)NC3CC3)ccc2C)cc1. The molecule has 1 aliphatic carbocycles. The van der Waals surface area contributed by atoms with E-state index in [9.17, 15) is 18.0 Å². The molecule has 0 bridgehead atoms. The summed E-state index contributed by atoms with van der Waals surface area (Å²) in [6.45, 7) is 4.14. The smallest absolute Gasteiger partial charge is 0.338 e. The Kier molecular flexibility index (Phi) is 6.89. The van der Waals surface area contributed by atoms with Gasteiger partial charge in [-0.05, 0) is 68.1 Å². The average Bonchev–Trinajstić information content (AvgIpc) is 3.52. The number of aryl methyl sites for hydroxylation is 1. The number of benzene rings is 2. The minimum absolute atomic E-state index is 0.0132. The summed E-state index contributed by atoms with van der Waals surface area (Å²) in [5.74, 6) is -0.826. The number of hydrogen-bond acceptors (Lipinski definition) is 5. The quantitative estimate of drug-likeness (QED) is 0.467. The Bertz CT molecular complexity index is 1030. The van der Waals surface area contributed by atoms with Gasteiger partial charge in [-0.15, -0.1) is 0 Å². The van der Waals surface area contributed by atoms with Crippen LogP contribution in [-0.4, -0.2) is 32.9 Å². The van der Waals surface area contributed by atoms with Gasteiger partial charge in [0.05, 0.1) is 17.1 Å². The molecule has 0 heterocycles. The van der Waals surface area contributed by atoms with E-state index in [4.69, 9.17) is 4.74 Å². The van der Waals surface area contributed by atoms with Gasteiger partial charge in [0.15, 0.2) is 0 Å². The summed E-state index contributed by atoms with van der Waals surface area (Å²) in [7, 11) is -3.65. The second kappa shape index (κ2) is 9.40. The van der Waals surface area contributed by atoms with Crippen molar-refractivity contribution < 1.29 is 22.7 Å². The van der Waals surface area contributed by atoms with Gasteiger partial charge < -0.3 is 10.1 Å². The molecule has 0 atom stereocenters. The van der Waals surface area contributed by atoms with Crippen molar-refractivity contribution in [1.82, 2.24) is 4.72 Å². The van der Waals surface area contributed by atoms with E-state index >= 15 is 0 Å². The molecule has 30 heavy (non-hydrogen) atoms. The molecule has 160 valence electrons. The Morgan fingerprint density at radius 1 is 1.10 bits per heavy atom. The van der Waals surface area contributed by atoms with Crippen molar-refractivity contribution in [3.8, 4) is 0 Å². The minimum atomic E-state index is -3.65. The van der Waals surface area contributed by atoms with Crippen molar-refractivity contribution in [1.29, 1.82) is 0 Å². The second-order valence-corrected chi connectivity index (χ2v) is 9.11. The van der Waals surface area contributed by atoms with Crippen molar-refractivity contribution in [2.45, 2.75) is 50.5 Å². The zero-order valence-corrected chi connectivity index (χ0v) is 17.9. The van der Waals surface area contributed by atoms with Crippen LogP contribution in [0.2, 0.25) is 0 Å². The lowest BCUT2D eigenvalue weighted by molar-refractivity contribution is 0.0499. The number of hydrogen-bond donors (Lipinski definition) is 2. The first-order valence-electron chi connectivity index (χ1n) is 10.0. The van der Waals surface area contributed by atoms with Crippen LogP contribution in [0, 0.1) is 6.92 Å². The van der Waals surface area contributed by atoms with Crippen LogP contribution in [0.1, 0.15) is 58.9 Å². The van der Waals surface area contributed by atoms with Crippen molar-refractivity contribution in [2.75, 3.05) is 11.9 Å². The molecule has 0 saturated heterocycles. The summed E-state index contributed by atoms with van der Waals surface area (Å²) in [5.41, 5.74) is 1.83. The van der Waals surface area contributed by atoms with Crippen LogP contribution in [0.3, 0.4) is 0 Å². The van der Waals surface area contributed by atoms with Gasteiger partial charge in [-0.1, -0.05) is 19.4 Å². The van der Waals surface area contributed by atoms with Crippen molar-refractivity contribution in [3.63, 3.8) is 0 Å². The summed E-state index contributed by atoms with van der Waals surface area (Å²) < 4.78 is 32.6. The van der Waals surface area contributed by atoms with Gasteiger partial charge in [-0.25, -0.2) is 17.9 Å². The molecule has 7 nitrogen and oxygen atoms in total. The topological polar surface area (TPSA) is 102 Å². The van der Waals surface area contributed by atoms with Gasteiger partial charge in [0, 0.05) is 17.3 Å². The highest BCUT2D eigenvalue weighted by Gasteiger charge is 2.28. The fourth-order valence-corrected chi connectivity index (χ4v) is 4.11. The first-order chi connectivity index (χ1) is 14.3. The molecule has 0 aliphatic heterocycles. The minimum Gasteiger partial charge on any atom is -0.462 e. The van der Waals surface area contributed by atoms with Gasteiger partial charge in [0.1, 0.15) is 0 Å². The van der Waals surface area contributed by atoms with Gasteiger partial charge in [-0.3, -0.25) is 4.79 Å². The molecule has 1 saturated carbocycles. The molecule has 0 unspecified atom stereocenters. The molecule has 8 heteroatoms. The number of rotatable bonds is 9. The summed E-state index contributed by atoms with van der Waals surface area (Å²) in [6, 6.07) is 10.9. The maximum Gasteiger partial charge on any atom is 0.338 e. The molecule has 0 spiro atoms. The fraction of sp³-hybridized carbons (Fsp3) is 0.364. The number of sulfonamides is 1. The number of carbonyl (C=O) groups is 2. The maximum absolute atomic E-state index is 12.7. The Balaban J connectivity index is 1.69. The fourth-order valence-electron chi connectivity index (χ4n) is 2.78. The highest BCUT2D eigenvalue weighted by atomic mass is 32.2. The number of esters is 1. The van der Waals surface area contributed by atoms with Crippen LogP contribution in [0.25, 0.3) is 0 Å². The van der Waals surface area contributed by atoms with Crippen LogP contribution in [0.4, 0.5) is 5.69 Å². The predicted molar refractivity (Wildman–Crippen MR) is 114 cm³/mol. The summed E-state index contributed by atoms with van der Waals surface area (Å²) in [5, 5.41) is 2.74. The standard InChI is InChI=1S/C22H26N2O5S/c1-3-4-13-29-22(26)16-6-8-17(9-7-16)23-21(25)20-14-19(12-5-15(20)2)30(27,28)24-18-10-11-18/h5-9,12,14,18,24H,3-4,10-11,13H2,1-2H3,(H,23,25). The Morgan fingerprint density at radius 3 is 2.43 bits per heavy atom. The van der Waals surface area contributed by atoms with E-state index in [1.807, 2.05) is 6.92 Å². The van der Waals surface area contributed by atoms with Crippen LogP contribution >= 0.6 is 0 Å². The normalized spacial score (nSPS) is 13.7. The monoisotopic (exact) mass is 430 g/mol. The third-order valence-electron chi connectivity index (χ3n) is 4.77. The second-order valence-electron chi connectivity index (χ2n) is 7.39. The third-order valence-corrected chi connectivity index (χ3v) is 6.29. The Labute approximate surface area is 176 Å². The first kappa shape index (κ1) is 22.0. The molecule has 2 N–H and O–H groups in total. The van der Waals surface area contributed by atoms with Gasteiger partial charge >= 0.3 is 5.97 Å². The molecule has 1 amide bonds. The number of ether oxygens (including phenoxy) is 1. The highest BCUT2D eigenvalue weighted by Crippen LogP contribution is 2.23. The molecular formula is C22H26N2O5S. The highest BCUT2D eigenvalue weighted by molar-refractivity contribution is 7.89. The molecular weight excluding hydrogens is 404 g/mol. The van der Waals surface area contributed by atoms with Gasteiger partial charge in [0.2, 0.25) is 10.0 Å². The Morgan fingerprint density at radius 2 is 1.80 bits per heavy atom. The Hall–Kier alpha value is -2.71. The molecule has 0 radical (unpaired) electrons. The molecule has 3 rings (SSSR count). The zero-order chi connectivity index (χ0) is 21.7. The van der Waals surface area contributed by atoms with Crippen LogP contribution in [0.15, 0.2) is 47.4 Å². The largest absolute Gasteiger partial charge is 0.462 e. The lowest BCUT2D eigenvalue weighted by atomic mass is 10.1. The number of unbranched alkanes of at least 4 members (excludes halogenated alkanes) is 1. The van der Waals surface area contributed by atoms with E-state index in [-0.39, 0.29) is 16.5 Å². The zero-order valence-electron chi connectivity index (χ0n) is 17.1. The number of anilines is 1. The van der Waals surface area contributed by atoms with Crippen LogP contribution in [0.5, 0.6) is 0 Å². The summed E-state index contributed by atoms with van der Waals surface area (Å²) >= 11 is 0. The van der Waals surface area contributed by atoms with Crippen LogP contribution < -0.4 is 10.0 Å². The molecule has 2 aromatic carbocycles. The number of nitrogens with one attached hydrogen (secondary N) is 2. The molecule has 1 aliphatic rings. The first-order valence-corrected chi connectivity index (χ1v) is 11.5. The molecule has 0 aromatic heterocycles. The van der Waals surface area contributed by atoms with Crippen molar-refractivity contribution in [3.05, 3.63) is 59.2 Å². The van der Waals surface area contributed by atoms with Gasteiger partial charge in [-0.2, -0.15) is 0 Å². The molecule has 2 aromatic rings. The van der Waals surface area contributed by atoms with E-state index in [0.717, 1.165) is 25.7 Å². The maximum atomic E-state index is 12.7.